The van der Waals surface area contributed by atoms with E-state index in [4.69, 9.17) is 22.1 Å². The first-order valence-electron chi connectivity index (χ1n) is 4.48. The Morgan fingerprint density at radius 1 is 1.62 bits per heavy atom. The molecule has 0 aliphatic carbocycles. The molecule has 1 aromatic rings. The van der Waals surface area contributed by atoms with Gasteiger partial charge in [0.1, 0.15) is 6.61 Å². The van der Waals surface area contributed by atoms with Crippen molar-refractivity contribution in [3.63, 3.8) is 0 Å². The zero-order valence-electron chi connectivity index (χ0n) is 8.48. The molecule has 0 spiro atoms. The Kier molecular flexibility index (Phi) is 4.28. The Bertz CT molecular complexity index is 421. The fraction of sp³-hybridized carbons (Fsp3) is 0.200. The molecule has 6 heteroatoms. The maximum atomic E-state index is 10.7. The molecule has 2 N–H and O–H groups in total. The minimum Gasteiger partial charge on any atom is -0.481 e. The topological polar surface area (TPSA) is 78.4 Å². The van der Waals surface area contributed by atoms with E-state index in [1.165, 1.54) is 12.1 Å². The molecular formula is C10H11ClN2O3. The number of nitrogens with zero attached hydrogens (tertiary/aromatic N) is 1. The number of nitro benzene ring substituents is 1. The fourth-order valence-electron chi connectivity index (χ4n) is 1.11. The Balaban J connectivity index is 3.00. The molecule has 0 aromatic heterocycles. The third-order valence-electron chi connectivity index (χ3n) is 1.84. The molecule has 1 rings (SSSR count). The summed E-state index contributed by atoms with van der Waals surface area (Å²) in [7, 11) is 0. The van der Waals surface area contributed by atoms with Crippen molar-refractivity contribution in [3.8, 4) is 5.75 Å². The quantitative estimate of drug-likeness (QED) is 0.634. The zero-order chi connectivity index (χ0) is 12.1. The normalized spacial score (nSPS) is 9.88. The monoisotopic (exact) mass is 242 g/mol. The molecule has 16 heavy (non-hydrogen) atoms. The van der Waals surface area contributed by atoms with Crippen LogP contribution in [0.15, 0.2) is 29.8 Å². The maximum absolute atomic E-state index is 10.7. The number of hydrogen-bond donors (Lipinski definition) is 1. The Morgan fingerprint density at radius 2 is 2.31 bits per heavy atom. The molecule has 0 amide bonds. The van der Waals surface area contributed by atoms with Crippen LogP contribution in [0, 0.1) is 10.1 Å². The molecule has 0 aliphatic rings. The third-order valence-corrected chi connectivity index (χ3v) is 1.95. The van der Waals surface area contributed by atoms with Crippen molar-refractivity contribution in [1.82, 2.24) is 0 Å². The third kappa shape index (κ3) is 3.22. The minimum atomic E-state index is -0.521. The number of halogens is 1. The second-order valence-corrected chi connectivity index (χ2v) is 3.60. The van der Waals surface area contributed by atoms with Crippen LogP contribution >= 0.6 is 11.6 Å². The summed E-state index contributed by atoms with van der Waals surface area (Å²) in [6.07, 6.45) is 0. The summed E-state index contributed by atoms with van der Waals surface area (Å²) in [5, 5.41) is 11.0. The SMILES string of the molecule is C=C(Cl)COc1cc(CN)ccc1[N+](=O)[O-]. The second-order valence-electron chi connectivity index (χ2n) is 3.07. The van der Waals surface area contributed by atoms with Crippen LogP contribution in [0.3, 0.4) is 0 Å². The number of nitrogens with two attached hydrogens (primary N) is 1. The van der Waals surface area contributed by atoms with Crippen molar-refractivity contribution >= 4 is 17.3 Å². The van der Waals surface area contributed by atoms with E-state index < -0.39 is 4.92 Å². The summed E-state index contributed by atoms with van der Waals surface area (Å²) in [6, 6.07) is 4.47. The summed E-state index contributed by atoms with van der Waals surface area (Å²) < 4.78 is 5.17. The van der Waals surface area contributed by atoms with Gasteiger partial charge in [0.05, 0.1) is 4.92 Å². The highest BCUT2D eigenvalue weighted by Gasteiger charge is 2.15. The smallest absolute Gasteiger partial charge is 0.310 e. The van der Waals surface area contributed by atoms with Crippen molar-refractivity contribution in [2.24, 2.45) is 5.73 Å². The average Bonchev–Trinajstić information content (AvgIpc) is 2.25. The average molecular weight is 243 g/mol. The van der Waals surface area contributed by atoms with Crippen LogP contribution in [0.25, 0.3) is 0 Å². The molecule has 0 bridgehead atoms. The first-order chi connectivity index (χ1) is 7.54. The van der Waals surface area contributed by atoms with E-state index >= 15 is 0 Å². The number of ether oxygens (including phenoxy) is 1. The van der Waals surface area contributed by atoms with E-state index in [-0.39, 0.29) is 29.6 Å². The lowest BCUT2D eigenvalue weighted by molar-refractivity contribution is -0.385. The molecule has 5 nitrogen and oxygen atoms in total. The predicted octanol–water partition coefficient (Wildman–Crippen LogP) is 2.18. The molecule has 0 fully saturated rings. The highest BCUT2D eigenvalue weighted by molar-refractivity contribution is 6.29. The van der Waals surface area contributed by atoms with Crippen LogP contribution in [-0.2, 0) is 6.54 Å². The van der Waals surface area contributed by atoms with Gasteiger partial charge in [-0.05, 0) is 11.6 Å². The first kappa shape index (κ1) is 12.5. The number of hydrogen-bond acceptors (Lipinski definition) is 4. The van der Waals surface area contributed by atoms with E-state index in [1.807, 2.05) is 0 Å². The summed E-state index contributed by atoms with van der Waals surface area (Å²) in [5.74, 6) is 0.148. The van der Waals surface area contributed by atoms with Gasteiger partial charge in [0.2, 0.25) is 0 Å². The van der Waals surface area contributed by atoms with Crippen LogP contribution in [-0.4, -0.2) is 11.5 Å². The van der Waals surface area contributed by atoms with Crippen molar-refractivity contribution in [2.45, 2.75) is 6.54 Å². The number of nitro groups is 1. The van der Waals surface area contributed by atoms with Crippen molar-refractivity contribution in [3.05, 3.63) is 45.5 Å². The van der Waals surface area contributed by atoms with Crippen molar-refractivity contribution in [1.29, 1.82) is 0 Å². The highest BCUT2D eigenvalue weighted by Crippen LogP contribution is 2.28. The van der Waals surface area contributed by atoms with Crippen molar-refractivity contribution in [2.75, 3.05) is 6.61 Å². The molecule has 0 radical (unpaired) electrons. The van der Waals surface area contributed by atoms with E-state index in [0.717, 1.165) is 5.56 Å². The highest BCUT2D eigenvalue weighted by atomic mass is 35.5. The maximum Gasteiger partial charge on any atom is 0.310 e. The van der Waals surface area contributed by atoms with Gasteiger partial charge >= 0.3 is 5.69 Å². The summed E-state index contributed by atoms with van der Waals surface area (Å²) in [5.41, 5.74) is 6.07. The van der Waals surface area contributed by atoms with Gasteiger partial charge in [0, 0.05) is 17.6 Å². The lowest BCUT2D eigenvalue weighted by Gasteiger charge is -2.07. The molecule has 0 unspecified atom stereocenters. The molecule has 0 saturated carbocycles. The van der Waals surface area contributed by atoms with Gasteiger partial charge in [-0.1, -0.05) is 24.2 Å². The molecule has 86 valence electrons. The fourth-order valence-corrected chi connectivity index (χ4v) is 1.16. The van der Waals surface area contributed by atoms with Gasteiger partial charge in [-0.15, -0.1) is 0 Å². The van der Waals surface area contributed by atoms with Crippen LogP contribution in [0.1, 0.15) is 5.56 Å². The molecule has 0 atom stereocenters. The van der Waals surface area contributed by atoms with Gasteiger partial charge in [-0.2, -0.15) is 0 Å². The van der Waals surface area contributed by atoms with E-state index in [9.17, 15) is 10.1 Å². The molecular weight excluding hydrogens is 232 g/mol. The predicted molar refractivity (Wildman–Crippen MR) is 61.5 cm³/mol. The Morgan fingerprint density at radius 3 is 2.81 bits per heavy atom. The molecule has 1 aromatic carbocycles. The van der Waals surface area contributed by atoms with Crippen LogP contribution in [0.2, 0.25) is 0 Å². The summed E-state index contributed by atoms with van der Waals surface area (Å²) >= 11 is 5.52. The molecule has 0 heterocycles. The van der Waals surface area contributed by atoms with Gasteiger partial charge in [0.15, 0.2) is 5.75 Å². The van der Waals surface area contributed by atoms with E-state index in [1.54, 1.807) is 6.07 Å². The molecule has 0 saturated heterocycles. The van der Waals surface area contributed by atoms with Gasteiger partial charge in [0.25, 0.3) is 0 Å². The van der Waals surface area contributed by atoms with Crippen LogP contribution < -0.4 is 10.5 Å². The Hall–Kier alpha value is -1.59. The number of benzene rings is 1. The number of rotatable bonds is 5. The lowest BCUT2D eigenvalue weighted by Crippen LogP contribution is -2.03. The second kappa shape index (κ2) is 5.48. The van der Waals surface area contributed by atoms with E-state index in [0.29, 0.717) is 0 Å². The Labute approximate surface area is 97.6 Å². The van der Waals surface area contributed by atoms with Gasteiger partial charge in [-0.25, -0.2) is 0 Å². The largest absolute Gasteiger partial charge is 0.481 e. The summed E-state index contributed by atoms with van der Waals surface area (Å²) in [6.45, 7) is 3.75. The van der Waals surface area contributed by atoms with Gasteiger partial charge in [-0.3, -0.25) is 10.1 Å². The van der Waals surface area contributed by atoms with Crippen molar-refractivity contribution < 1.29 is 9.66 Å². The standard InChI is InChI=1S/C10H11ClN2O3/c1-7(11)6-16-10-4-8(5-12)2-3-9(10)13(14)15/h2-4H,1,5-6,12H2. The van der Waals surface area contributed by atoms with Crippen LogP contribution in [0.4, 0.5) is 5.69 Å². The lowest BCUT2D eigenvalue weighted by atomic mass is 10.2. The van der Waals surface area contributed by atoms with Gasteiger partial charge < -0.3 is 10.5 Å². The summed E-state index contributed by atoms with van der Waals surface area (Å²) in [4.78, 5) is 10.2. The van der Waals surface area contributed by atoms with Crippen LogP contribution in [0.5, 0.6) is 5.75 Å². The first-order valence-corrected chi connectivity index (χ1v) is 4.86. The van der Waals surface area contributed by atoms with E-state index in [2.05, 4.69) is 6.58 Å². The minimum absolute atomic E-state index is 0.0242. The zero-order valence-corrected chi connectivity index (χ0v) is 9.24. The molecule has 0 aliphatic heterocycles.